The number of cyclic esters (lactones) is 1. The minimum absolute atomic E-state index is 0.0183. The first-order chi connectivity index (χ1) is 30.7. The minimum Gasteiger partial charge on any atom is -0.460 e. The first-order valence-corrected chi connectivity index (χ1v) is 23.9. The molecule has 4 N–H and O–H groups in total. The summed E-state index contributed by atoms with van der Waals surface area (Å²) in [4.78, 5) is 69.7. The molecule has 65 heavy (non-hydrogen) atoms. The van der Waals surface area contributed by atoms with Crippen LogP contribution in [0.4, 0.5) is 0 Å². The number of methoxy groups -OCH3 is 3. The highest BCUT2D eigenvalue weighted by molar-refractivity contribution is 6.41. The Labute approximate surface area is 387 Å². The molecule has 366 valence electrons. The third-order valence-corrected chi connectivity index (χ3v) is 14.5. The molecule has 0 amide bonds. The number of fused-ring (bicyclic) bond motifs is 4. The number of hydrogen-bond acceptors (Lipinski definition) is 14. The van der Waals surface area contributed by atoms with Crippen LogP contribution in [0, 0.1) is 35.5 Å². The van der Waals surface area contributed by atoms with Gasteiger partial charge in [-0.05, 0) is 107 Å². The van der Waals surface area contributed by atoms with Crippen molar-refractivity contribution in [1.82, 2.24) is 5.32 Å². The number of Topliss-reactive ketones (excluding diaryl/α,β-unsaturated/α-hetero) is 4. The number of ether oxygens (including phenoxy) is 5. The van der Waals surface area contributed by atoms with Crippen molar-refractivity contribution in [3.8, 4) is 0 Å². The Morgan fingerprint density at radius 2 is 1.54 bits per heavy atom. The lowest BCUT2D eigenvalue weighted by atomic mass is 9.78. The lowest BCUT2D eigenvalue weighted by Gasteiger charge is -2.42. The van der Waals surface area contributed by atoms with Crippen LogP contribution in [0.15, 0.2) is 47.6 Å². The van der Waals surface area contributed by atoms with E-state index < -0.39 is 89.8 Å². The van der Waals surface area contributed by atoms with Gasteiger partial charge in [-0.15, -0.1) is 0 Å². The number of nitrogens with one attached hydrogen (secondary N) is 1. The molecular weight excluding hydrogens is 835 g/mol. The highest BCUT2D eigenvalue weighted by atomic mass is 16.6. The molecule has 1 saturated carbocycles. The van der Waals surface area contributed by atoms with E-state index in [9.17, 15) is 39.3 Å². The minimum atomic E-state index is -2.36. The predicted molar refractivity (Wildman–Crippen MR) is 245 cm³/mol. The van der Waals surface area contributed by atoms with E-state index in [0.717, 1.165) is 12.0 Å². The number of aliphatic hydroxyl groups excluding tert-OH is 2. The average molecular weight is 914 g/mol. The van der Waals surface area contributed by atoms with Gasteiger partial charge in [-0.1, -0.05) is 71.1 Å². The fourth-order valence-corrected chi connectivity index (χ4v) is 10.1. The molecule has 4 bridgehead atoms. The van der Waals surface area contributed by atoms with Crippen molar-refractivity contribution in [2.75, 3.05) is 21.3 Å². The SMILES string of the molecule is COC1CC2CCC(C)C(O)(O2)C(=O)C(=O)C2CCCC(N2)C(=O)OC(C(C)CC2CCC(O)C(OC)C2)CC(=O)C(C)/C=C(\C)C(O)C(OC)C(=O)C(C)CC(C)/C=C/C=C/C=C1C. The Morgan fingerprint density at radius 3 is 2.22 bits per heavy atom. The normalized spacial score (nSPS) is 40.7. The lowest BCUT2D eigenvalue weighted by Crippen LogP contribution is -2.60. The summed E-state index contributed by atoms with van der Waals surface area (Å²) in [5, 5.41) is 36.7. The predicted octanol–water partition coefficient (Wildman–Crippen LogP) is 5.88. The van der Waals surface area contributed by atoms with Crippen LogP contribution in [0.1, 0.15) is 126 Å². The number of hydrogen-bond donors (Lipinski definition) is 4. The van der Waals surface area contributed by atoms with Crippen molar-refractivity contribution >= 4 is 29.1 Å². The highest BCUT2D eigenvalue weighted by Crippen LogP contribution is 2.37. The van der Waals surface area contributed by atoms with E-state index in [-0.39, 0.29) is 48.3 Å². The second-order valence-corrected chi connectivity index (χ2v) is 19.6. The Kier molecular flexibility index (Phi) is 21.1. The van der Waals surface area contributed by atoms with Gasteiger partial charge in [0.25, 0.3) is 5.78 Å². The monoisotopic (exact) mass is 914 g/mol. The maximum Gasteiger partial charge on any atom is 0.323 e. The summed E-state index contributed by atoms with van der Waals surface area (Å²) in [6, 6.07) is -2.03. The van der Waals surface area contributed by atoms with E-state index in [1.165, 1.54) is 7.11 Å². The number of allylic oxidation sites excluding steroid dienone is 6. The smallest absolute Gasteiger partial charge is 0.323 e. The summed E-state index contributed by atoms with van der Waals surface area (Å²) in [5.74, 6) is -7.43. The zero-order chi connectivity index (χ0) is 48.2. The Bertz CT molecular complexity index is 1760. The van der Waals surface area contributed by atoms with Crippen molar-refractivity contribution in [3.63, 3.8) is 0 Å². The molecule has 0 radical (unpaired) electrons. The number of carbonyl (C=O) groups is 5. The van der Waals surface area contributed by atoms with Crippen LogP contribution < -0.4 is 5.32 Å². The van der Waals surface area contributed by atoms with Crippen molar-refractivity contribution in [2.24, 2.45) is 35.5 Å². The average Bonchev–Trinajstić information content (AvgIpc) is 3.28. The molecule has 16 unspecified atom stereocenters. The molecule has 1 aliphatic carbocycles. The molecule has 0 aromatic rings. The van der Waals surface area contributed by atoms with Crippen LogP contribution in [0.3, 0.4) is 0 Å². The van der Waals surface area contributed by atoms with E-state index in [1.54, 1.807) is 41.1 Å². The van der Waals surface area contributed by atoms with Crippen LogP contribution in [0.25, 0.3) is 0 Å². The largest absolute Gasteiger partial charge is 0.460 e. The lowest BCUT2D eigenvalue weighted by molar-refractivity contribution is -0.264. The molecule has 0 aromatic heterocycles. The van der Waals surface area contributed by atoms with E-state index in [2.05, 4.69) is 5.32 Å². The number of carbonyl (C=O) groups excluding carboxylic acids is 5. The number of ketones is 4. The van der Waals surface area contributed by atoms with Gasteiger partial charge in [-0.2, -0.15) is 0 Å². The van der Waals surface area contributed by atoms with Crippen LogP contribution >= 0.6 is 0 Å². The Morgan fingerprint density at radius 1 is 0.831 bits per heavy atom. The molecule has 4 aliphatic rings. The number of piperidine rings is 1. The van der Waals surface area contributed by atoms with Crippen LogP contribution in [0.2, 0.25) is 0 Å². The summed E-state index contributed by atoms with van der Waals surface area (Å²) >= 11 is 0. The van der Waals surface area contributed by atoms with Crippen molar-refractivity contribution in [1.29, 1.82) is 0 Å². The van der Waals surface area contributed by atoms with Gasteiger partial charge in [-0.3, -0.25) is 29.3 Å². The molecule has 16 atom stereocenters. The molecule has 0 aromatic carbocycles. The molecule has 3 fully saturated rings. The first kappa shape index (κ1) is 54.4. The zero-order valence-electron chi connectivity index (χ0n) is 40.5. The van der Waals surface area contributed by atoms with Crippen LogP contribution in [-0.4, -0.2) is 126 Å². The summed E-state index contributed by atoms with van der Waals surface area (Å²) in [5.41, 5.74) is 1.28. The topological polar surface area (TPSA) is 204 Å². The fraction of sp³-hybridized carbons (Fsp3) is 0.745. The third-order valence-electron chi connectivity index (χ3n) is 14.5. The first-order valence-electron chi connectivity index (χ1n) is 23.9. The second-order valence-electron chi connectivity index (χ2n) is 19.6. The summed E-state index contributed by atoms with van der Waals surface area (Å²) in [6.07, 6.45) is 11.2. The quantitative estimate of drug-likeness (QED) is 0.140. The third kappa shape index (κ3) is 14.6. The van der Waals surface area contributed by atoms with E-state index in [1.807, 2.05) is 58.1 Å². The number of aliphatic hydroxyl groups is 3. The van der Waals surface area contributed by atoms with Gasteiger partial charge < -0.3 is 39.0 Å². The van der Waals surface area contributed by atoms with Gasteiger partial charge in [0, 0.05) is 51.9 Å². The van der Waals surface area contributed by atoms with Gasteiger partial charge in [0.05, 0.1) is 30.5 Å². The van der Waals surface area contributed by atoms with Crippen LogP contribution in [-0.2, 0) is 47.7 Å². The maximum atomic E-state index is 14.1. The number of rotatable bonds is 6. The van der Waals surface area contributed by atoms with E-state index in [4.69, 9.17) is 23.7 Å². The Balaban J connectivity index is 1.66. The zero-order valence-corrected chi connectivity index (χ0v) is 40.5. The number of esters is 1. The summed E-state index contributed by atoms with van der Waals surface area (Å²) in [7, 11) is 4.53. The van der Waals surface area contributed by atoms with Gasteiger partial charge >= 0.3 is 5.97 Å². The van der Waals surface area contributed by atoms with Gasteiger partial charge in [0.2, 0.25) is 11.6 Å². The molecule has 3 heterocycles. The maximum absolute atomic E-state index is 14.1. The van der Waals surface area contributed by atoms with Gasteiger partial charge in [-0.25, -0.2) is 0 Å². The van der Waals surface area contributed by atoms with E-state index >= 15 is 0 Å². The summed E-state index contributed by atoms with van der Waals surface area (Å²) < 4.78 is 29.2. The molecule has 4 rings (SSSR count). The van der Waals surface area contributed by atoms with Gasteiger partial charge in [0.15, 0.2) is 5.78 Å². The second kappa shape index (κ2) is 25.2. The molecule has 14 nitrogen and oxygen atoms in total. The molecule has 0 spiro atoms. The van der Waals surface area contributed by atoms with Crippen molar-refractivity contribution in [3.05, 3.63) is 47.6 Å². The van der Waals surface area contributed by atoms with Crippen LogP contribution in [0.5, 0.6) is 0 Å². The fourth-order valence-electron chi connectivity index (χ4n) is 10.1. The molecule has 14 heteroatoms. The standard InChI is InChI=1S/C51H79NO13/c1-29-15-12-11-13-16-30(2)42(61-8)27-37-21-19-35(7)51(60,65-37)49(58)47(57)38-17-14-18-39(52-38)50(59)64-43(32(4)25-36-20-22-40(53)44(26-36)62-9)28-41(54)31(3)24-34(6)46(56)48(63-10)45(55)33(5)23-29/h11-13,15-16,24,29,31-33,35-40,42-44,46,48,52-53,56,60H,14,17-23,25-28H2,1-10H3/b13-11+,15-12+,30-16?,34-24+. The summed E-state index contributed by atoms with van der Waals surface area (Å²) in [6.45, 7) is 12.7. The van der Waals surface area contributed by atoms with Crippen molar-refractivity contribution in [2.45, 2.75) is 186 Å². The highest BCUT2D eigenvalue weighted by Gasteiger charge is 2.52. The van der Waals surface area contributed by atoms with E-state index in [0.29, 0.717) is 63.4 Å². The molecule has 3 aliphatic heterocycles. The Hall–Kier alpha value is -3.21. The van der Waals surface area contributed by atoms with Crippen molar-refractivity contribution < 1.29 is 63.0 Å². The molecular formula is C51H79NO13. The van der Waals surface area contributed by atoms with Gasteiger partial charge in [0.1, 0.15) is 30.1 Å². The molecule has 2 saturated heterocycles.